The van der Waals surface area contributed by atoms with Crippen LogP contribution in [0, 0.1) is 0 Å². The van der Waals surface area contributed by atoms with Crippen molar-refractivity contribution in [2.45, 2.75) is 58.8 Å². The first-order chi connectivity index (χ1) is 7.12. The van der Waals surface area contributed by atoms with E-state index in [4.69, 9.17) is 0 Å². The molecule has 0 aliphatic heterocycles. The second-order valence-electron chi connectivity index (χ2n) is 3.92. The molecule has 0 aliphatic carbocycles. The molecule has 0 aromatic heterocycles. The first kappa shape index (κ1) is 14.9. The van der Waals surface area contributed by atoms with Crippen LogP contribution in [0.2, 0.25) is 0 Å². The zero-order valence-electron chi connectivity index (χ0n) is 10.1. The van der Waals surface area contributed by atoms with Gasteiger partial charge in [0.25, 0.3) is 0 Å². The summed E-state index contributed by atoms with van der Waals surface area (Å²) in [4.78, 5) is 0. The molecule has 0 spiro atoms. The lowest BCUT2D eigenvalue weighted by atomic mass is 10.1. The van der Waals surface area contributed by atoms with Crippen LogP contribution in [0.5, 0.6) is 0 Å². The zero-order chi connectivity index (χ0) is 11.6. The highest BCUT2D eigenvalue weighted by Crippen LogP contribution is 2.06. The third kappa shape index (κ3) is 10.2. The second-order valence-corrected chi connectivity index (χ2v) is 6.01. The van der Waals surface area contributed by atoms with Crippen molar-refractivity contribution in [3.8, 4) is 0 Å². The molecule has 0 saturated heterocycles. The quantitative estimate of drug-likeness (QED) is 0.592. The van der Waals surface area contributed by atoms with Gasteiger partial charge in [0, 0.05) is 6.54 Å². The van der Waals surface area contributed by atoms with Crippen molar-refractivity contribution in [2.75, 3.05) is 12.3 Å². The van der Waals surface area contributed by atoms with Gasteiger partial charge in [-0.1, -0.05) is 45.4 Å². The maximum atomic E-state index is 11.1. The molecule has 0 aliphatic rings. The lowest BCUT2D eigenvalue weighted by molar-refractivity contribution is 0.564. The lowest BCUT2D eigenvalue weighted by Gasteiger charge is -2.04. The van der Waals surface area contributed by atoms with Crippen molar-refractivity contribution < 1.29 is 8.42 Å². The topological polar surface area (TPSA) is 46.2 Å². The summed E-state index contributed by atoms with van der Waals surface area (Å²) in [5.41, 5.74) is 0. The number of hydrogen-bond acceptors (Lipinski definition) is 2. The molecule has 3 nitrogen and oxygen atoms in total. The molecule has 4 heteroatoms. The fourth-order valence-electron chi connectivity index (χ4n) is 1.41. The lowest BCUT2D eigenvalue weighted by Crippen LogP contribution is -2.26. The van der Waals surface area contributed by atoms with Crippen LogP contribution in [0.3, 0.4) is 0 Å². The van der Waals surface area contributed by atoms with Gasteiger partial charge in [-0.3, -0.25) is 0 Å². The van der Waals surface area contributed by atoms with Gasteiger partial charge in [0.05, 0.1) is 5.75 Å². The minimum absolute atomic E-state index is 0.184. The highest BCUT2D eigenvalue weighted by atomic mass is 32.2. The maximum absolute atomic E-state index is 11.1. The third-order valence-corrected chi connectivity index (χ3v) is 3.89. The van der Waals surface area contributed by atoms with Crippen molar-refractivity contribution in [1.29, 1.82) is 0 Å². The molecule has 92 valence electrons. The summed E-state index contributed by atoms with van der Waals surface area (Å²) in [5, 5.41) is 0. The highest BCUT2D eigenvalue weighted by molar-refractivity contribution is 7.89. The minimum atomic E-state index is -2.97. The molecule has 0 bridgehead atoms. The SMILES string of the molecule is CCCCCCCCCNS(=O)(=O)CC. The van der Waals surface area contributed by atoms with E-state index in [0.29, 0.717) is 6.54 Å². The van der Waals surface area contributed by atoms with Crippen molar-refractivity contribution in [3.05, 3.63) is 0 Å². The Kier molecular flexibility index (Phi) is 9.10. The van der Waals surface area contributed by atoms with Crippen molar-refractivity contribution in [2.24, 2.45) is 0 Å². The molecule has 0 amide bonds. The Labute approximate surface area is 94.7 Å². The summed E-state index contributed by atoms with van der Waals surface area (Å²) >= 11 is 0. The molecule has 0 unspecified atom stereocenters. The van der Waals surface area contributed by atoms with Gasteiger partial charge in [-0.25, -0.2) is 13.1 Å². The third-order valence-electron chi connectivity index (χ3n) is 2.48. The Morgan fingerprint density at radius 3 is 1.93 bits per heavy atom. The molecule has 0 heterocycles. The van der Waals surface area contributed by atoms with Gasteiger partial charge in [0.15, 0.2) is 0 Å². The van der Waals surface area contributed by atoms with Crippen LogP contribution in [0.15, 0.2) is 0 Å². The monoisotopic (exact) mass is 235 g/mol. The van der Waals surface area contributed by atoms with Crippen LogP contribution in [-0.2, 0) is 10.0 Å². The van der Waals surface area contributed by atoms with Crippen LogP contribution < -0.4 is 4.72 Å². The van der Waals surface area contributed by atoms with E-state index >= 15 is 0 Å². The average molecular weight is 235 g/mol. The van der Waals surface area contributed by atoms with Crippen LogP contribution >= 0.6 is 0 Å². The Hall–Kier alpha value is -0.0900. The predicted molar refractivity (Wildman–Crippen MR) is 65.5 cm³/mol. The standard InChI is InChI=1S/C11H25NO2S/c1-3-5-6-7-8-9-10-11-12-15(13,14)4-2/h12H,3-11H2,1-2H3. The molecule has 0 saturated carbocycles. The second kappa shape index (κ2) is 9.16. The van der Waals surface area contributed by atoms with Gasteiger partial charge in [-0.15, -0.1) is 0 Å². The van der Waals surface area contributed by atoms with E-state index in [1.54, 1.807) is 6.92 Å². The molecule has 0 atom stereocenters. The Bertz CT molecular complexity index is 225. The van der Waals surface area contributed by atoms with E-state index in [1.807, 2.05) is 0 Å². The minimum Gasteiger partial charge on any atom is -0.215 e. The first-order valence-corrected chi connectivity index (χ1v) is 7.75. The van der Waals surface area contributed by atoms with Gasteiger partial charge in [-0.2, -0.15) is 0 Å². The Balaban J connectivity index is 3.19. The zero-order valence-corrected chi connectivity index (χ0v) is 10.9. The molecule has 0 aromatic carbocycles. The van der Waals surface area contributed by atoms with E-state index in [2.05, 4.69) is 11.6 Å². The van der Waals surface area contributed by atoms with Gasteiger partial charge in [0.2, 0.25) is 10.0 Å². The number of nitrogens with one attached hydrogen (secondary N) is 1. The molecule has 15 heavy (non-hydrogen) atoms. The molecule has 0 radical (unpaired) electrons. The predicted octanol–water partition coefficient (Wildman–Crippen LogP) is 2.68. The molecule has 0 fully saturated rings. The van der Waals surface area contributed by atoms with E-state index in [9.17, 15) is 8.42 Å². The van der Waals surface area contributed by atoms with Crippen molar-refractivity contribution in [1.82, 2.24) is 4.72 Å². The number of sulfonamides is 1. The molecular formula is C11H25NO2S. The number of rotatable bonds is 10. The fraction of sp³-hybridized carbons (Fsp3) is 1.00. The van der Waals surface area contributed by atoms with E-state index < -0.39 is 10.0 Å². The summed E-state index contributed by atoms with van der Waals surface area (Å²) < 4.78 is 24.7. The van der Waals surface area contributed by atoms with Gasteiger partial charge < -0.3 is 0 Å². The number of unbranched alkanes of at least 4 members (excludes halogenated alkanes) is 6. The smallest absolute Gasteiger partial charge is 0.211 e. The fourth-order valence-corrected chi connectivity index (χ4v) is 2.07. The van der Waals surface area contributed by atoms with Crippen molar-refractivity contribution >= 4 is 10.0 Å². The van der Waals surface area contributed by atoms with E-state index in [1.165, 1.54) is 32.1 Å². The Morgan fingerprint density at radius 2 is 1.40 bits per heavy atom. The summed E-state index contributed by atoms with van der Waals surface area (Å²) in [6.07, 6.45) is 8.53. The summed E-state index contributed by atoms with van der Waals surface area (Å²) in [5.74, 6) is 0.184. The highest BCUT2D eigenvalue weighted by Gasteiger charge is 2.03. The number of hydrogen-bond donors (Lipinski definition) is 1. The normalized spacial score (nSPS) is 11.9. The summed E-state index contributed by atoms with van der Waals surface area (Å²) in [6, 6.07) is 0. The summed E-state index contributed by atoms with van der Waals surface area (Å²) in [6.45, 7) is 4.47. The first-order valence-electron chi connectivity index (χ1n) is 6.09. The van der Waals surface area contributed by atoms with Crippen LogP contribution in [0.1, 0.15) is 58.8 Å². The molecular weight excluding hydrogens is 210 g/mol. The van der Waals surface area contributed by atoms with Gasteiger partial charge in [0.1, 0.15) is 0 Å². The maximum Gasteiger partial charge on any atom is 0.211 e. The van der Waals surface area contributed by atoms with Crippen LogP contribution in [0.25, 0.3) is 0 Å². The van der Waals surface area contributed by atoms with E-state index in [-0.39, 0.29) is 5.75 Å². The molecule has 1 N–H and O–H groups in total. The largest absolute Gasteiger partial charge is 0.215 e. The molecule has 0 rings (SSSR count). The average Bonchev–Trinajstić information content (AvgIpc) is 2.22. The molecule has 0 aromatic rings. The van der Waals surface area contributed by atoms with Crippen molar-refractivity contribution in [3.63, 3.8) is 0 Å². The van der Waals surface area contributed by atoms with E-state index in [0.717, 1.165) is 12.8 Å². The van der Waals surface area contributed by atoms with Crippen LogP contribution in [-0.4, -0.2) is 20.7 Å². The Morgan fingerprint density at radius 1 is 0.867 bits per heavy atom. The van der Waals surface area contributed by atoms with Crippen LogP contribution in [0.4, 0.5) is 0 Å². The van der Waals surface area contributed by atoms with Gasteiger partial charge in [-0.05, 0) is 13.3 Å². The summed E-state index contributed by atoms with van der Waals surface area (Å²) in [7, 11) is -2.97. The van der Waals surface area contributed by atoms with Gasteiger partial charge >= 0.3 is 0 Å².